The zero-order chi connectivity index (χ0) is 18.3. The molecule has 3 atom stereocenters. The highest BCUT2D eigenvalue weighted by atomic mass is 16.2. The Balaban J connectivity index is 1.93. The van der Waals surface area contributed by atoms with Gasteiger partial charge in [0.1, 0.15) is 5.54 Å². The average molecular weight is 349 g/mol. The molecule has 5 nitrogen and oxygen atoms in total. The van der Waals surface area contributed by atoms with E-state index in [1.807, 2.05) is 0 Å². The van der Waals surface area contributed by atoms with E-state index in [-0.39, 0.29) is 5.91 Å². The van der Waals surface area contributed by atoms with Crippen LogP contribution in [0.15, 0.2) is 0 Å². The van der Waals surface area contributed by atoms with Crippen molar-refractivity contribution in [2.75, 3.05) is 13.1 Å². The minimum Gasteiger partial charge on any atom is -0.336 e. The summed E-state index contributed by atoms with van der Waals surface area (Å²) in [7, 11) is 0. The van der Waals surface area contributed by atoms with Crippen LogP contribution in [-0.4, -0.2) is 41.5 Å². The molecule has 1 heterocycles. The van der Waals surface area contributed by atoms with Gasteiger partial charge in [-0.25, -0.2) is 0 Å². The van der Waals surface area contributed by atoms with Gasteiger partial charge in [-0.1, -0.05) is 46.0 Å². The Bertz CT molecular complexity index is 469. The number of piperidine rings is 1. The predicted molar refractivity (Wildman–Crippen MR) is 101 cm³/mol. The van der Waals surface area contributed by atoms with E-state index in [1.54, 1.807) is 0 Å². The van der Waals surface area contributed by atoms with Crippen molar-refractivity contribution in [1.29, 1.82) is 5.26 Å². The lowest BCUT2D eigenvalue weighted by molar-refractivity contribution is -0.124. The summed E-state index contributed by atoms with van der Waals surface area (Å²) in [5, 5.41) is 12.8. The molecule has 2 aliphatic rings. The fourth-order valence-corrected chi connectivity index (χ4v) is 4.60. The molecule has 142 valence electrons. The minimum absolute atomic E-state index is 0.133. The Kier molecular flexibility index (Phi) is 7.71. The van der Waals surface area contributed by atoms with Crippen molar-refractivity contribution in [3.8, 4) is 6.07 Å². The molecular weight excluding hydrogens is 312 g/mol. The first-order valence-electron chi connectivity index (χ1n) is 10.3. The molecule has 1 aliphatic heterocycles. The summed E-state index contributed by atoms with van der Waals surface area (Å²) < 4.78 is 0. The number of carbonyl (C=O) groups excluding carboxylic acids is 1. The summed E-state index contributed by atoms with van der Waals surface area (Å²) in [5.74, 6) is 0.438. The Morgan fingerprint density at radius 1 is 1.36 bits per heavy atom. The van der Waals surface area contributed by atoms with E-state index in [9.17, 15) is 10.1 Å². The van der Waals surface area contributed by atoms with Gasteiger partial charge in [0.25, 0.3) is 0 Å². The van der Waals surface area contributed by atoms with Crippen molar-refractivity contribution >= 4 is 5.91 Å². The molecule has 0 bridgehead atoms. The molecule has 2 fully saturated rings. The Labute approximate surface area is 153 Å². The number of nitriles is 1. The van der Waals surface area contributed by atoms with Gasteiger partial charge in [0.15, 0.2) is 0 Å². The topological polar surface area (TPSA) is 82.2 Å². The molecule has 5 heteroatoms. The molecule has 2 rings (SSSR count). The Morgan fingerprint density at radius 2 is 2.08 bits per heavy atom. The van der Waals surface area contributed by atoms with Gasteiger partial charge in [0.2, 0.25) is 5.91 Å². The van der Waals surface area contributed by atoms with E-state index < -0.39 is 11.6 Å². The van der Waals surface area contributed by atoms with Crippen molar-refractivity contribution in [2.24, 2.45) is 11.7 Å². The van der Waals surface area contributed by atoms with Crippen LogP contribution in [0.25, 0.3) is 0 Å². The normalized spacial score (nSPS) is 29.8. The number of carbonyl (C=O) groups is 1. The van der Waals surface area contributed by atoms with Gasteiger partial charge in [-0.15, -0.1) is 0 Å². The van der Waals surface area contributed by atoms with Crippen LogP contribution in [0, 0.1) is 17.2 Å². The van der Waals surface area contributed by atoms with E-state index in [0.717, 1.165) is 32.4 Å². The lowest BCUT2D eigenvalue weighted by Crippen LogP contribution is -2.60. The zero-order valence-corrected chi connectivity index (χ0v) is 16.1. The van der Waals surface area contributed by atoms with Crippen LogP contribution in [0.5, 0.6) is 0 Å². The van der Waals surface area contributed by atoms with Crippen molar-refractivity contribution in [1.82, 2.24) is 10.2 Å². The monoisotopic (exact) mass is 348 g/mol. The number of rotatable bonds is 7. The fourth-order valence-electron chi connectivity index (χ4n) is 4.60. The fraction of sp³-hybridized carbons (Fsp3) is 0.900. The van der Waals surface area contributed by atoms with Crippen LogP contribution in [0.1, 0.15) is 78.1 Å². The molecule has 1 saturated heterocycles. The van der Waals surface area contributed by atoms with E-state index >= 15 is 0 Å². The number of hydrogen-bond donors (Lipinski definition) is 2. The van der Waals surface area contributed by atoms with Crippen molar-refractivity contribution in [3.05, 3.63) is 0 Å². The molecular formula is C20H36N4O. The Hall–Kier alpha value is -1.12. The second kappa shape index (κ2) is 9.54. The Morgan fingerprint density at radius 3 is 2.68 bits per heavy atom. The van der Waals surface area contributed by atoms with Crippen LogP contribution in [-0.2, 0) is 4.79 Å². The first-order chi connectivity index (χ1) is 12.0. The second-order valence-electron chi connectivity index (χ2n) is 8.08. The lowest BCUT2D eigenvalue weighted by atomic mass is 9.82. The van der Waals surface area contributed by atoms with E-state index in [1.165, 1.54) is 32.1 Å². The van der Waals surface area contributed by atoms with Gasteiger partial charge in [-0.3, -0.25) is 4.79 Å². The first-order valence-corrected chi connectivity index (χ1v) is 10.3. The number of likely N-dealkylation sites (tertiary alicyclic amines) is 1. The van der Waals surface area contributed by atoms with Crippen LogP contribution in [0.2, 0.25) is 0 Å². The summed E-state index contributed by atoms with van der Waals surface area (Å²) in [6.45, 7) is 6.29. The molecule has 0 aromatic carbocycles. The molecule has 0 radical (unpaired) electrons. The van der Waals surface area contributed by atoms with Crippen LogP contribution in [0.4, 0.5) is 0 Å². The third kappa shape index (κ3) is 5.43. The maximum atomic E-state index is 12.7. The van der Waals surface area contributed by atoms with Crippen LogP contribution < -0.4 is 11.1 Å². The third-order valence-electron chi connectivity index (χ3n) is 6.13. The number of hydrogen-bond acceptors (Lipinski definition) is 4. The summed E-state index contributed by atoms with van der Waals surface area (Å²) >= 11 is 0. The smallest absolute Gasteiger partial charge is 0.238 e. The largest absolute Gasteiger partial charge is 0.336 e. The molecule has 0 aromatic heterocycles. The van der Waals surface area contributed by atoms with E-state index in [2.05, 4.69) is 30.1 Å². The molecule has 3 unspecified atom stereocenters. The summed E-state index contributed by atoms with van der Waals surface area (Å²) in [4.78, 5) is 15.1. The highest BCUT2D eigenvalue weighted by Crippen LogP contribution is 2.30. The molecule has 0 aromatic rings. The van der Waals surface area contributed by atoms with Gasteiger partial charge in [-0.05, 0) is 44.6 Å². The standard InChI is InChI=1S/C20H36N4O/c1-3-11-24-12-10-20(15-21,14-17(24)4-2)23-19(25)18(22)13-16-8-6-5-7-9-16/h16-18H,3-14,22H2,1-2H3,(H,23,25). The second-order valence-corrected chi connectivity index (χ2v) is 8.08. The van der Waals surface area contributed by atoms with Crippen LogP contribution >= 0.6 is 0 Å². The van der Waals surface area contributed by atoms with Gasteiger partial charge in [0.05, 0.1) is 12.1 Å². The van der Waals surface area contributed by atoms with Crippen molar-refractivity contribution in [2.45, 2.75) is 95.7 Å². The third-order valence-corrected chi connectivity index (χ3v) is 6.13. The molecule has 25 heavy (non-hydrogen) atoms. The van der Waals surface area contributed by atoms with Gasteiger partial charge in [-0.2, -0.15) is 5.26 Å². The number of nitrogens with zero attached hydrogens (tertiary/aromatic N) is 2. The maximum absolute atomic E-state index is 12.7. The molecule has 0 spiro atoms. The summed E-state index contributed by atoms with van der Waals surface area (Å²) in [5.41, 5.74) is 5.45. The van der Waals surface area contributed by atoms with E-state index in [4.69, 9.17) is 5.73 Å². The molecule has 1 aliphatic carbocycles. The quantitative estimate of drug-likeness (QED) is 0.741. The summed E-state index contributed by atoms with van der Waals surface area (Å²) in [6, 6.07) is 2.30. The number of nitrogens with two attached hydrogens (primary N) is 1. The van der Waals surface area contributed by atoms with Crippen molar-refractivity contribution < 1.29 is 4.79 Å². The van der Waals surface area contributed by atoms with Crippen LogP contribution in [0.3, 0.4) is 0 Å². The predicted octanol–water partition coefficient (Wildman–Crippen LogP) is 2.95. The maximum Gasteiger partial charge on any atom is 0.238 e. The van der Waals surface area contributed by atoms with Crippen molar-refractivity contribution in [3.63, 3.8) is 0 Å². The number of amides is 1. The van der Waals surface area contributed by atoms with Gasteiger partial charge >= 0.3 is 0 Å². The molecule has 1 saturated carbocycles. The van der Waals surface area contributed by atoms with Gasteiger partial charge < -0.3 is 16.0 Å². The minimum atomic E-state index is -0.744. The summed E-state index contributed by atoms with van der Waals surface area (Å²) in [6.07, 6.45) is 10.5. The zero-order valence-electron chi connectivity index (χ0n) is 16.1. The molecule has 3 N–H and O–H groups in total. The average Bonchev–Trinajstić information content (AvgIpc) is 2.64. The lowest BCUT2D eigenvalue weighted by Gasteiger charge is -2.43. The van der Waals surface area contributed by atoms with E-state index in [0.29, 0.717) is 24.8 Å². The number of nitrogens with one attached hydrogen (secondary N) is 1. The molecule has 1 amide bonds. The first kappa shape index (κ1) is 20.2. The highest BCUT2D eigenvalue weighted by Gasteiger charge is 2.41. The SMILES string of the molecule is CCCN1CCC(C#N)(NC(=O)C(N)CC2CCCCC2)CC1CC. The van der Waals surface area contributed by atoms with Gasteiger partial charge in [0, 0.05) is 12.6 Å². The highest BCUT2D eigenvalue weighted by molar-refractivity contribution is 5.82.